The van der Waals surface area contributed by atoms with Gasteiger partial charge >= 0.3 is 0 Å². The van der Waals surface area contributed by atoms with Crippen molar-refractivity contribution in [1.82, 2.24) is 0 Å². The van der Waals surface area contributed by atoms with Crippen molar-refractivity contribution in [3.63, 3.8) is 0 Å². The highest BCUT2D eigenvalue weighted by atomic mass is 35.5. The van der Waals surface area contributed by atoms with Crippen LogP contribution < -0.4 is 0 Å². The zero-order chi connectivity index (χ0) is 13.1. The van der Waals surface area contributed by atoms with Gasteiger partial charge in [0.1, 0.15) is 5.25 Å². The van der Waals surface area contributed by atoms with E-state index in [1.165, 1.54) is 13.0 Å². The monoisotopic (exact) mass is 278 g/mol. The third-order valence-corrected chi connectivity index (χ3v) is 4.96. The number of hydrogen-bond donors (Lipinski definition) is 2. The van der Waals surface area contributed by atoms with Crippen LogP contribution in [0.5, 0.6) is 0 Å². The molecule has 0 bridgehead atoms. The molecule has 96 valence electrons. The Hall–Kier alpha value is -0.620. The fourth-order valence-corrected chi connectivity index (χ4v) is 2.93. The number of benzene rings is 1. The lowest BCUT2D eigenvalue weighted by Gasteiger charge is -2.20. The van der Waals surface area contributed by atoms with Gasteiger partial charge in [-0.15, -0.1) is 0 Å². The van der Waals surface area contributed by atoms with E-state index < -0.39 is 27.8 Å². The van der Waals surface area contributed by atoms with Crippen LogP contribution in [0.2, 0.25) is 5.02 Å². The fraction of sp³-hybridized carbons (Fsp3) is 0.455. The van der Waals surface area contributed by atoms with E-state index in [0.717, 1.165) is 0 Å². The first kappa shape index (κ1) is 14.4. The van der Waals surface area contributed by atoms with Gasteiger partial charge in [-0.25, -0.2) is 8.42 Å². The molecule has 1 rings (SSSR count). The van der Waals surface area contributed by atoms with Gasteiger partial charge < -0.3 is 10.2 Å². The first-order chi connectivity index (χ1) is 7.92. The maximum Gasteiger partial charge on any atom is 0.158 e. The number of aliphatic hydroxyl groups excluding tert-OH is 2. The third kappa shape index (κ3) is 3.42. The Morgan fingerprint density at radius 1 is 1.41 bits per heavy atom. The van der Waals surface area contributed by atoms with E-state index in [-0.39, 0.29) is 5.75 Å². The van der Waals surface area contributed by atoms with Gasteiger partial charge in [0, 0.05) is 10.8 Å². The van der Waals surface area contributed by atoms with Crippen LogP contribution in [0.3, 0.4) is 0 Å². The Morgan fingerprint density at radius 3 is 2.53 bits per heavy atom. The van der Waals surface area contributed by atoms with E-state index in [1.807, 2.05) is 0 Å². The molecule has 4 nitrogen and oxygen atoms in total. The molecule has 17 heavy (non-hydrogen) atoms. The third-order valence-electron chi connectivity index (χ3n) is 2.59. The van der Waals surface area contributed by atoms with Crippen LogP contribution in [0, 0.1) is 0 Å². The molecule has 0 amide bonds. The Kier molecular flexibility index (Phi) is 4.94. The van der Waals surface area contributed by atoms with Gasteiger partial charge in [0.15, 0.2) is 9.84 Å². The molecular weight excluding hydrogens is 264 g/mol. The Balaban J connectivity index is 3.06. The quantitative estimate of drug-likeness (QED) is 0.848. The minimum absolute atomic E-state index is 0.129. The van der Waals surface area contributed by atoms with Crippen molar-refractivity contribution in [2.75, 3.05) is 12.4 Å². The molecule has 0 aliphatic carbocycles. The first-order valence-electron chi connectivity index (χ1n) is 5.18. The fourth-order valence-electron chi connectivity index (χ4n) is 1.53. The first-order valence-corrected chi connectivity index (χ1v) is 7.27. The standard InChI is InChI=1S/C11H15ClO4S/c1-2-17(15,16)10(7-13)11(14)8-4-3-5-9(12)6-8/h3-6,10-11,13-14H,2,7H2,1H3/t10-,11-/m1/s1. The van der Waals surface area contributed by atoms with Gasteiger partial charge in [-0.2, -0.15) is 0 Å². The molecule has 1 aromatic rings. The zero-order valence-electron chi connectivity index (χ0n) is 9.38. The van der Waals surface area contributed by atoms with Crippen molar-refractivity contribution >= 4 is 21.4 Å². The number of rotatable bonds is 5. The summed E-state index contributed by atoms with van der Waals surface area (Å²) in [6.07, 6.45) is -1.27. The normalized spacial score (nSPS) is 15.5. The van der Waals surface area contributed by atoms with Crippen molar-refractivity contribution in [1.29, 1.82) is 0 Å². The summed E-state index contributed by atoms with van der Waals surface area (Å²) < 4.78 is 23.4. The highest BCUT2D eigenvalue weighted by Crippen LogP contribution is 2.24. The summed E-state index contributed by atoms with van der Waals surface area (Å²) in [5, 5.41) is 18.3. The highest BCUT2D eigenvalue weighted by Gasteiger charge is 2.31. The second-order valence-corrected chi connectivity index (χ2v) is 6.62. The van der Waals surface area contributed by atoms with E-state index in [9.17, 15) is 13.5 Å². The maximum atomic E-state index is 11.7. The second kappa shape index (κ2) is 5.82. The van der Waals surface area contributed by atoms with E-state index in [1.54, 1.807) is 18.2 Å². The zero-order valence-corrected chi connectivity index (χ0v) is 10.9. The highest BCUT2D eigenvalue weighted by molar-refractivity contribution is 7.92. The molecule has 0 spiro atoms. The van der Waals surface area contributed by atoms with Gasteiger partial charge in [-0.05, 0) is 17.7 Å². The van der Waals surface area contributed by atoms with Gasteiger partial charge in [-0.3, -0.25) is 0 Å². The maximum absolute atomic E-state index is 11.7. The van der Waals surface area contributed by atoms with Crippen LogP contribution in [-0.2, 0) is 9.84 Å². The molecule has 0 fully saturated rings. The second-order valence-electron chi connectivity index (χ2n) is 3.67. The average molecular weight is 279 g/mol. The lowest BCUT2D eigenvalue weighted by molar-refractivity contribution is 0.138. The average Bonchev–Trinajstić information content (AvgIpc) is 2.29. The molecule has 0 unspecified atom stereocenters. The minimum atomic E-state index is -3.51. The van der Waals surface area contributed by atoms with Crippen molar-refractivity contribution in [3.8, 4) is 0 Å². The number of halogens is 1. The molecule has 0 radical (unpaired) electrons. The Labute approximate surface area is 106 Å². The van der Waals surface area contributed by atoms with Crippen molar-refractivity contribution in [2.45, 2.75) is 18.3 Å². The van der Waals surface area contributed by atoms with E-state index in [4.69, 9.17) is 16.7 Å². The Bertz CT molecular complexity index is 472. The predicted octanol–water partition coefficient (Wildman–Crippen LogP) is 1.17. The summed E-state index contributed by atoms with van der Waals surface area (Å²) in [6, 6.07) is 6.30. The van der Waals surface area contributed by atoms with Gasteiger partial charge in [0.25, 0.3) is 0 Å². The molecule has 2 atom stereocenters. The molecule has 6 heteroatoms. The number of hydrogen-bond acceptors (Lipinski definition) is 4. The number of sulfone groups is 1. The van der Waals surface area contributed by atoms with Crippen LogP contribution >= 0.6 is 11.6 Å². The summed E-state index contributed by atoms with van der Waals surface area (Å²) in [6.45, 7) is 0.854. The topological polar surface area (TPSA) is 74.6 Å². The summed E-state index contributed by atoms with van der Waals surface area (Å²) in [5.74, 6) is -0.129. The molecule has 0 saturated carbocycles. The molecule has 0 heterocycles. The van der Waals surface area contributed by atoms with Gasteiger partial charge in [-0.1, -0.05) is 30.7 Å². The van der Waals surface area contributed by atoms with Crippen LogP contribution in [0.1, 0.15) is 18.6 Å². The van der Waals surface area contributed by atoms with Gasteiger partial charge in [0.2, 0.25) is 0 Å². The SMILES string of the molecule is CCS(=O)(=O)[C@H](CO)[C@H](O)c1cccc(Cl)c1. The van der Waals surface area contributed by atoms with Crippen LogP contribution in [0.4, 0.5) is 0 Å². The lowest BCUT2D eigenvalue weighted by Crippen LogP contribution is -2.33. The van der Waals surface area contributed by atoms with E-state index >= 15 is 0 Å². The molecule has 0 aromatic heterocycles. The molecule has 2 N–H and O–H groups in total. The van der Waals surface area contributed by atoms with E-state index in [0.29, 0.717) is 10.6 Å². The predicted molar refractivity (Wildman–Crippen MR) is 66.7 cm³/mol. The largest absolute Gasteiger partial charge is 0.395 e. The van der Waals surface area contributed by atoms with Crippen molar-refractivity contribution in [2.24, 2.45) is 0 Å². The summed E-state index contributed by atoms with van der Waals surface area (Å²) in [4.78, 5) is 0. The van der Waals surface area contributed by atoms with Crippen molar-refractivity contribution < 1.29 is 18.6 Å². The van der Waals surface area contributed by atoms with Crippen LogP contribution in [0.15, 0.2) is 24.3 Å². The summed E-state index contributed by atoms with van der Waals surface area (Å²) in [5.41, 5.74) is 0.383. The Morgan fingerprint density at radius 2 is 2.06 bits per heavy atom. The van der Waals surface area contributed by atoms with Crippen molar-refractivity contribution in [3.05, 3.63) is 34.9 Å². The lowest BCUT2D eigenvalue weighted by atomic mass is 10.1. The molecular formula is C11H15ClO4S. The molecule has 1 aromatic carbocycles. The minimum Gasteiger partial charge on any atom is -0.395 e. The smallest absolute Gasteiger partial charge is 0.158 e. The molecule has 0 aliphatic heterocycles. The summed E-state index contributed by atoms with van der Waals surface area (Å²) >= 11 is 5.76. The molecule has 0 saturated heterocycles. The number of aliphatic hydroxyl groups is 2. The van der Waals surface area contributed by atoms with Crippen LogP contribution in [-0.4, -0.2) is 36.2 Å². The van der Waals surface area contributed by atoms with Crippen LogP contribution in [0.25, 0.3) is 0 Å². The van der Waals surface area contributed by atoms with Gasteiger partial charge in [0.05, 0.1) is 12.7 Å². The van der Waals surface area contributed by atoms with E-state index in [2.05, 4.69) is 0 Å². The molecule has 0 aliphatic rings. The summed E-state index contributed by atoms with van der Waals surface area (Å²) in [7, 11) is -3.51.